The molecule has 0 saturated heterocycles. The molecule has 0 atom stereocenters. The van der Waals surface area contributed by atoms with Crippen molar-refractivity contribution in [2.75, 3.05) is 0 Å². The minimum atomic E-state index is -0.498. The smallest absolute Gasteiger partial charge is 0.377 e. The Hall–Kier alpha value is -0.546. The van der Waals surface area contributed by atoms with Gasteiger partial charge in [-0.1, -0.05) is 0 Å². The van der Waals surface area contributed by atoms with Crippen molar-refractivity contribution in [1.29, 1.82) is 0 Å². The number of alkyl carbamates (subject to hydrolysis) is 1. The molecule has 0 unspecified atom stereocenters. The van der Waals surface area contributed by atoms with E-state index in [4.69, 9.17) is 4.74 Å². The van der Waals surface area contributed by atoms with E-state index < -0.39 is 11.7 Å². The zero-order valence-electron chi connectivity index (χ0n) is 9.93. The largest absolute Gasteiger partial charge is 0.473 e. The van der Waals surface area contributed by atoms with Gasteiger partial charge in [-0.25, -0.2) is 9.89 Å². The van der Waals surface area contributed by atoms with E-state index in [-0.39, 0.29) is 32.7 Å². The van der Waals surface area contributed by atoms with Crippen LogP contribution in [-0.2, 0) is 37.4 Å². The number of ether oxygens (including phenoxy) is 1. The molecule has 0 aliphatic carbocycles. The van der Waals surface area contributed by atoms with E-state index >= 15 is 0 Å². The van der Waals surface area contributed by atoms with Crippen LogP contribution in [0.4, 0.5) is 4.79 Å². The topological polar surface area (TPSA) is 56.1 Å². The molecule has 5 nitrogen and oxygen atoms in total. The van der Waals surface area contributed by atoms with Crippen molar-refractivity contribution in [3.63, 3.8) is 0 Å². The summed E-state index contributed by atoms with van der Waals surface area (Å²) in [5.41, 5.74) is -0.429. The molecule has 1 N–H and O–H groups in total. The third kappa shape index (κ3) is 11.5. The summed E-state index contributed by atoms with van der Waals surface area (Å²) in [7, 11) is 6.63. The van der Waals surface area contributed by atoms with E-state index in [0.29, 0.717) is 0 Å². The van der Waals surface area contributed by atoms with Gasteiger partial charge in [-0.15, -0.1) is 12.3 Å². The molecule has 1 aromatic rings. The quantitative estimate of drug-likeness (QED) is 0.744. The van der Waals surface area contributed by atoms with Gasteiger partial charge < -0.3 is 14.7 Å². The Morgan fingerprint density at radius 3 is 2.19 bits per heavy atom. The summed E-state index contributed by atoms with van der Waals surface area (Å²) in [6, 6.07) is 1.83. The van der Waals surface area contributed by atoms with Crippen LogP contribution in [0.5, 0.6) is 0 Å². The molecule has 0 aliphatic rings. The first kappa shape index (κ1) is 17.8. The number of carbonyl (C=O) groups is 1. The van der Waals surface area contributed by atoms with E-state index in [0.717, 1.165) is 0 Å². The van der Waals surface area contributed by atoms with Crippen molar-refractivity contribution in [3.8, 4) is 0 Å². The van der Waals surface area contributed by atoms with Crippen molar-refractivity contribution < 1.29 is 42.2 Å². The van der Waals surface area contributed by atoms with Gasteiger partial charge in [0.1, 0.15) is 5.60 Å². The molecule has 16 heavy (non-hydrogen) atoms. The molecule has 1 rings (SSSR count). The van der Waals surface area contributed by atoms with Gasteiger partial charge in [0.15, 0.2) is 0 Å². The third-order valence-electron chi connectivity index (χ3n) is 1.10. The minimum Gasteiger partial charge on any atom is -0.473 e. The SMILES string of the molecule is [CH2-]NC(=O)OC(C)(C)C.[CH2-]n1cccn1.[Y]. The van der Waals surface area contributed by atoms with Crippen LogP contribution in [-0.4, -0.2) is 21.5 Å². The van der Waals surface area contributed by atoms with E-state index in [1.54, 1.807) is 33.2 Å². The third-order valence-corrected chi connectivity index (χ3v) is 1.10. The fourth-order valence-electron chi connectivity index (χ4n) is 0.615. The van der Waals surface area contributed by atoms with Gasteiger partial charge in [-0.2, -0.15) is 7.05 Å². The summed E-state index contributed by atoms with van der Waals surface area (Å²) in [5, 5.41) is 5.83. The van der Waals surface area contributed by atoms with Gasteiger partial charge in [0.25, 0.3) is 0 Å². The second-order valence-electron chi connectivity index (χ2n) is 3.72. The fraction of sp³-hybridized carbons (Fsp3) is 0.400. The molecule has 0 saturated carbocycles. The summed E-state index contributed by atoms with van der Waals surface area (Å²) in [5.74, 6) is 0. The summed E-state index contributed by atoms with van der Waals surface area (Å²) >= 11 is 0. The Labute approximate surface area is 122 Å². The van der Waals surface area contributed by atoms with Crippen LogP contribution in [0.25, 0.3) is 0 Å². The van der Waals surface area contributed by atoms with E-state index in [9.17, 15) is 4.79 Å². The van der Waals surface area contributed by atoms with Crippen LogP contribution in [0.3, 0.4) is 0 Å². The summed E-state index contributed by atoms with van der Waals surface area (Å²) in [4.78, 5) is 10.4. The number of carbonyl (C=O) groups excluding carboxylic acids is 1. The van der Waals surface area contributed by atoms with Crippen molar-refractivity contribution in [1.82, 2.24) is 15.1 Å². The molecule has 1 heterocycles. The molecule has 1 amide bonds. The molecule has 1 aromatic heterocycles. The van der Waals surface area contributed by atoms with Crippen molar-refractivity contribution in [2.24, 2.45) is 0 Å². The maximum absolute atomic E-state index is 10.4. The van der Waals surface area contributed by atoms with Crippen molar-refractivity contribution >= 4 is 6.09 Å². The summed E-state index contributed by atoms with van der Waals surface area (Å²) < 4.78 is 6.27. The van der Waals surface area contributed by atoms with E-state index in [1.165, 1.54) is 4.68 Å². The number of nitrogens with zero attached hydrogens (tertiary/aromatic N) is 2. The van der Waals surface area contributed by atoms with Crippen LogP contribution in [0.2, 0.25) is 0 Å². The Balaban J connectivity index is 0. The predicted molar refractivity (Wildman–Crippen MR) is 57.7 cm³/mol. The van der Waals surface area contributed by atoms with Gasteiger partial charge >= 0.3 is 6.09 Å². The normalized spacial score (nSPS) is 9.25. The Bertz CT molecular complexity index is 281. The summed E-state index contributed by atoms with van der Waals surface area (Å²) in [6.07, 6.45) is 2.97. The monoisotopic (exact) mass is 300 g/mol. The number of aromatic nitrogens is 2. The van der Waals surface area contributed by atoms with Crippen LogP contribution < -0.4 is 5.32 Å². The molecule has 0 aliphatic heterocycles. The first-order chi connectivity index (χ1) is 6.85. The number of rotatable bonds is 0. The fourth-order valence-corrected chi connectivity index (χ4v) is 0.615. The van der Waals surface area contributed by atoms with Crippen molar-refractivity contribution in [3.05, 3.63) is 32.6 Å². The molecule has 0 spiro atoms. The van der Waals surface area contributed by atoms with Gasteiger partial charge in [-0.05, 0) is 20.8 Å². The van der Waals surface area contributed by atoms with Gasteiger partial charge in [0, 0.05) is 38.9 Å². The molecule has 0 aromatic carbocycles. The Kier molecular flexibility index (Phi) is 9.57. The van der Waals surface area contributed by atoms with Crippen LogP contribution in [0, 0.1) is 14.1 Å². The second kappa shape index (κ2) is 8.59. The molecule has 0 bridgehead atoms. The second-order valence-corrected chi connectivity index (χ2v) is 3.72. The van der Waals surface area contributed by atoms with Crippen molar-refractivity contribution in [2.45, 2.75) is 26.4 Å². The zero-order chi connectivity index (χ0) is 11.9. The average Bonchev–Trinajstić information content (AvgIpc) is 2.54. The summed E-state index contributed by atoms with van der Waals surface area (Å²) in [6.45, 7) is 5.38. The number of nitrogens with one attached hydrogen (secondary N) is 1. The van der Waals surface area contributed by atoms with Gasteiger partial charge in [0.05, 0.1) is 0 Å². The van der Waals surface area contributed by atoms with E-state index in [2.05, 4.69) is 24.5 Å². The van der Waals surface area contributed by atoms with Gasteiger partial charge in [0.2, 0.25) is 0 Å². The van der Waals surface area contributed by atoms with Crippen LogP contribution >= 0.6 is 0 Å². The average molecular weight is 300 g/mol. The number of hydrogen-bond donors (Lipinski definition) is 1. The maximum atomic E-state index is 10.4. The van der Waals surface area contributed by atoms with Crippen LogP contribution in [0.1, 0.15) is 20.8 Å². The Morgan fingerprint density at radius 1 is 1.50 bits per heavy atom. The number of hydrogen-bond acceptors (Lipinski definition) is 3. The van der Waals surface area contributed by atoms with Gasteiger partial charge in [-0.3, -0.25) is 7.05 Å². The van der Waals surface area contributed by atoms with E-state index in [1.807, 2.05) is 6.07 Å². The maximum Gasteiger partial charge on any atom is 0.377 e. The minimum absolute atomic E-state index is 0. The molecular weight excluding hydrogens is 283 g/mol. The molecule has 89 valence electrons. The zero-order valence-corrected chi connectivity index (χ0v) is 12.8. The molecule has 0 fully saturated rings. The standard InChI is InChI=1S/C6H12NO2.C4H5N2.Y/c1-6(2,3)9-5(8)7-4;1-6-4-2-3-5-6;/h4H2,1-3H3,(H,7,8);2-4H,1H2;/q2*-1;. The predicted octanol–water partition coefficient (Wildman–Crippen LogP) is 1.82. The molecule has 1 radical (unpaired) electrons. The number of amides is 1. The van der Waals surface area contributed by atoms with Crippen LogP contribution in [0.15, 0.2) is 18.5 Å². The Morgan fingerprint density at radius 2 is 2.06 bits per heavy atom. The first-order valence-electron chi connectivity index (χ1n) is 4.42. The molecular formula is C10H17N3O2Y-2. The first-order valence-corrected chi connectivity index (χ1v) is 4.42. The molecule has 6 heteroatoms.